The van der Waals surface area contributed by atoms with Crippen molar-refractivity contribution < 1.29 is 19.2 Å². The number of hydrogen-bond acceptors (Lipinski definition) is 5. The van der Waals surface area contributed by atoms with Crippen molar-refractivity contribution in [3.63, 3.8) is 0 Å². The van der Waals surface area contributed by atoms with Gasteiger partial charge in [-0.15, -0.1) is 0 Å². The molecule has 0 unspecified atom stereocenters. The molecule has 0 aromatic heterocycles. The number of nitrogens with one attached hydrogen (secondary N) is 2. The number of halogens is 1. The second-order valence-electron chi connectivity index (χ2n) is 8.85. The third-order valence-corrected chi connectivity index (χ3v) is 7.47. The highest BCUT2D eigenvalue weighted by Gasteiger charge is 2.70. The van der Waals surface area contributed by atoms with Crippen LogP contribution in [-0.2, 0) is 31.1 Å². The van der Waals surface area contributed by atoms with Crippen LogP contribution in [0.4, 0.5) is 5.69 Å². The zero-order valence-electron chi connectivity index (χ0n) is 17.9. The van der Waals surface area contributed by atoms with E-state index in [1.807, 2.05) is 30.3 Å². The zero-order chi connectivity index (χ0) is 23.5. The van der Waals surface area contributed by atoms with E-state index in [2.05, 4.69) is 10.6 Å². The largest absolute Gasteiger partial charge is 0.370 e. The summed E-state index contributed by atoms with van der Waals surface area (Å²) < 4.78 is 0. The molecule has 4 amide bonds. The number of primary amides is 1. The van der Waals surface area contributed by atoms with Crippen LogP contribution in [0.15, 0.2) is 42.5 Å². The van der Waals surface area contributed by atoms with Crippen molar-refractivity contribution >= 4 is 40.9 Å². The first-order chi connectivity index (χ1) is 15.8. The Morgan fingerprint density at radius 2 is 1.85 bits per heavy atom. The van der Waals surface area contributed by atoms with Crippen molar-refractivity contribution in [1.82, 2.24) is 10.2 Å². The lowest BCUT2D eigenvalue weighted by Crippen LogP contribution is -2.53. The van der Waals surface area contributed by atoms with Gasteiger partial charge in [0.15, 0.2) is 0 Å². The Morgan fingerprint density at radius 3 is 2.55 bits per heavy atom. The van der Waals surface area contributed by atoms with Crippen molar-refractivity contribution in [1.29, 1.82) is 0 Å². The van der Waals surface area contributed by atoms with Gasteiger partial charge in [0, 0.05) is 29.6 Å². The van der Waals surface area contributed by atoms with E-state index in [1.165, 1.54) is 4.90 Å². The normalized spacial score (nSPS) is 27.8. The SMILES string of the molecule is Cc1c(Cl)ccc2c1NC(=O)[C@@]21N[C@H](CC(N)=O)[C@H]2C(=O)N(CCc3ccccc3)C(=O)[C@H]21. The monoisotopic (exact) mass is 466 g/mol. The minimum absolute atomic E-state index is 0.163. The van der Waals surface area contributed by atoms with Gasteiger partial charge in [0.2, 0.25) is 23.6 Å². The topological polar surface area (TPSA) is 122 Å². The molecule has 8 nitrogen and oxygen atoms in total. The first-order valence-corrected chi connectivity index (χ1v) is 11.2. The number of anilines is 1. The van der Waals surface area contributed by atoms with Gasteiger partial charge in [-0.2, -0.15) is 0 Å². The second kappa shape index (κ2) is 7.67. The molecule has 2 fully saturated rings. The highest BCUT2D eigenvalue weighted by atomic mass is 35.5. The minimum atomic E-state index is -1.47. The van der Waals surface area contributed by atoms with Crippen LogP contribution < -0.4 is 16.4 Å². The van der Waals surface area contributed by atoms with E-state index in [4.69, 9.17) is 17.3 Å². The molecule has 3 aliphatic heterocycles. The first kappa shape index (κ1) is 21.6. The molecular weight excluding hydrogens is 444 g/mol. The summed E-state index contributed by atoms with van der Waals surface area (Å²) in [4.78, 5) is 53.6. The van der Waals surface area contributed by atoms with Gasteiger partial charge in [0.25, 0.3) is 0 Å². The van der Waals surface area contributed by atoms with Crippen molar-refractivity contribution in [2.75, 3.05) is 11.9 Å². The van der Waals surface area contributed by atoms with Gasteiger partial charge in [0.1, 0.15) is 5.54 Å². The maximum absolute atomic E-state index is 13.7. The molecule has 0 saturated carbocycles. The Morgan fingerprint density at radius 1 is 1.12 bits per heavy atom. The van der Waals surface area contributed by atoms with Crippen LogP contribution in [0.2, 0.25) is 5.02 Å². The van der Waals surface area contributed by atoms with E-state index in [1.54, 1.807) is 19.1 Å². The molecule has 2 aromatic carbocycles. The molecule has 0 bridgehead atoms. The molecule has 5 rings (SSSR count). The van der Waals surface area contributed by atoms with Gasteiger partial charge in [-0.1, -0.05) is 48.0 Å². The number of rotatable bonds is 5. The summed E-state index contributed by atoms with van der Waals surface area (Å²) >= 11 is 6.26. The van der Waals surface area contributed by atoms with Gasteiger partial charge in [-0.25, -0.2) is 0 Å². The number of amides is 4. The lowest BCUT2D eigenvalue weighted by atomic mass is 9.76. The highest BCUT2D eigenvalue weighted by Crippen LogP contribution is 2.54. The number of fused-ring (bicyclic) bond motifs is 4. The zero-order valence-corrected chi connectivity index (χ0v) is 18.7. The van der Waals surface area contributed by atoms with Crippen LogP contribution in [-0.4, -0.2) is 41.1 Å². The van der Waals surface area contributed by atoms with Crippen LogP contribution in [0.1, 0.15) is 23.1 Å². The van der Waals surface area contributed by atoms with Gasteiger partial charge >= 0.3 is 0 Å². The van der Waals surface area contributed by atoms with Gasteiger partial charge in [-0.3, -0.25) is 29.4 Å². The Balaban J connectivity index is 1.56. The molecule has 1 spiro atoms. The number of benzene rings is 2. The average molecular weight is 467 g/mol. The molecule has 2 aromatic rings. The Hall–Kier alpha value is -3.23. The first-order valence-electron chi connectivity index (χ1n) is 10.8. The Bertz CT molecular complexity index is 1200. The van der Waals surface area contributed by atoms with Crippen LogP contribution in [0.5, 0.6) is 0 Å². The third-order valence-electron chi connectivity index (χ3n) is 7.06. The molecule has 0 radical (unpaired) electrons. The predicted octanol–water partition coefficient (Wildman–Crippen LogP) is 1.49. The Kier molecular flexibility index (Phi) is 5.02. The predicted molar refractivity (Wildman–Crippen MR) is 121 cm³/mol. The van der Waals surface area contributed by atoms with E-state index >= 15 is 0 Å². The van der Waals surface area contributed by atoms with Crippen LogP contribution in [0.3, 0.4) is 0 Å². The smallest absolute Gasteiger partial charge is 0.250 e. The highest BCUT2D eigenvalue weighted by molar-refractivity contribution is 6.32. The lowest BCUT2D eigenvalue weighted by Gasteiger charge is -2.29. The van der Waals surface area contributed by atoms with Crippen molar-refractivity contribution in [2.45, 2.75) is 31.3 Å². The van der Waals surface area contributed by atoms with Gasteiger partial charge < -0.3 is 11.1 Å². The summed E-state index contributed by atoms with van der Waals surface area (Å²) in [5.74, 6) is -3.70. The number of imide groups is 1. The van der Waals surface area contributed by atoms with E-state index in [0.29, 0.717) is 28.3 Å². The standard InChI is InChI=1S/C24H23ClN4O4/c1-12-15(25)8-7-14-20(12)27-23(33)24(14)19-18(16(28-24)11-17(26)30)21(31)29(22(19)32)10-9-13-5-3-2-4-6-13/h2-8,16,18-19,28H,9-11H2,1H3,(H2,26,30)(H,27,33)/t16-,18-,19+,24-/m1/s1. The summed E-state index contributed by atoms with van der Waals surface area (Å²) in [6.45, 7) is 1.98. The number of nitrogens with two attached hydrogens (primary N) is 1. The molecular formula is C24H23ClN4O4. The number of carbonyl (C=O) groups excluding carboxylic acids is 4. The fourth-order valence-corrected chi connectivity index (χ4v) is 5.70. The summed E-state index contributed by atoms with van der Waals surface area (Å²) in [5, 5.41) is 6.51. The van der Waals surface area contributed by atoms with Crippen LogP contribution in [0, 0.1) is 18.8 Å². The number of carbonyl (C=O) groups is 4. The van der Waals surface area contributed by atoms with Gasteiger partial charge in [-0.05, 0) is 30.5 Å². The minimum Gasteiger partial charge on any atom is -0.370 e. The fourth-order valence-electron chi connectivity index (χ4n) is 5.55. The molecule has 4 atom stereocenters. The molecule has 3 aliphatic rings. The third kappa shape index (κ3) is 3.08. The lowest BCUT2D eigenvalue weighted by molar-refractivity contribution is -0.142. The quantitative estimate of drug-likeness (QED) is 0.576. The average Bonchev–Trinajstić information content (AvgIpc) is 3.35. The molecule has 0 aliphatic carbocycles. The maximum Gasteiger partial charge on any atom is 0.250 e. The maximum atomic E-state index is 13.7. The number of likely N-dealkylation sites (tertiary alicyclic amines) is 1. The number of nitrogens with zero attached hydrogens (tertiary/aromatic N) is 1. The molecule has 9 heteroatoms. The molecule has 170 valence electrons. The van der Waals surface area contributed by atoms with Crippen molar-refractivity contribution in [3.8, 4) is 0 Å². The van der Waals surface area contributed by atoms with E-state index in [0.717, 1.165) is 5.56 Å². The van der Waals surface area contributed by atoms with Crippen LogP contribution in [0.25, 0.3) is 0 Å². The number of hydrogen-bond donors (Lipinski definition) is 3. The van der Waals surface area contributed by atoms with E-state index in [-0.39, 0.29) is 18.9 Å². The van der Waals surface area contributed by atoms with Crippen molar-refractivity contribution in [3.05, 3.63) is 64.2 Å². The summed E-state index contributed by atoms with van der Waals surface area (Å²) in [6, 6.07) is 12.2. The van der Waals surface area contributed by atoms with Crippen LogP contribution >= 0.6 is 11.6 Å². The molecule has 4 N–H and O–H groups in total. The molecule has 2 saturated heterocycles. The summed E-state index contributed by atoms with van der Waals surface area (Å²) in [6.07, 6.45) is 0.333. The fraction of sp³-hybridized carbons (Fsp3) is 0.333. The van der Waals surface area contributed by atoms with Gasteiger partial charge in [0.05, 0.1) is 17.5 Å². The second-order valence-corrected chi connectivity index (χ2v) is 9.25. The molecule has 3 heterocycles. The Labute approximate surface area is 195 Å². The summed E-state index contributed by atoms with van der Waals surface area (Å²) in [7, 11) is 0. The molecule has 33 heavy (non-hydrogen) atoms. The van der Waals surface area contributed by atoms with E-state index < -0.39 is 41.1 Å². The van der Waals surface area contributed by atoms with E-state index in [9.17, 15) is 19.2 Å². The summed E-state index contributed by atoms with van der Waals surface area (Å²) in [5.41, 5.74) is 6.74. The van der Waals surface area contributed by atoms with Crippen molar-refractivity contribution in [2.24, 2.45) is 17.6 Å².